The highest BCUT2D eigenvalue weighted by atomic mass is 79.9. The number of carbonyl (C=O) groups is 1. The zero-order valence-electron chi connectivity index (χ0n) is 10.6. The van der Waals surface area contributed by atoms with Gasteiger partial charge in [-0.25, -0.2) is 0 Å². The average molecular weight is 392 g/mol. The second kappa shape index (κ2) is 6.83. The fourth-order valence-corrected chi connectivity index (χ4v) is 3.31. The van der Waals surface area contributed by atoms with Crippen LogP contribution in [0.3, 0.4) is 0 Å². The maximum absolute atomic E-state index is 12.3. The molecule has 1 aromatic carbocycles. The molecule has 104 valence electrons. The largest absolute Gasteiger partial charge is 0.379 e. The van der Waals surface area contributed by atoms with Crippen molar-refractivity contribution in [1.82, 2.24) is 5.32 Å². The van der Waals surface area contributed by atoms with E-state index in [0.29, 0.717) is 13.2 Å². The Bertz CT molecular complexity index is 448. The number of para-hydroxylation sites is 1. The van der Waals surface area contributed by atoms with Gasteiger partial charge in [0.05, 0.1) is 24.8 Å². The molecule has 1 aliphatic rings. The lowest BCUT2D eigenvalue weighted by molar-refractivity contribution is -0.120. The molecule has 1 fully saturated rings. The maximum Gasteiger partial charge on any atom is 0.231 e. The number of rotatable bonds is 4. The molecular weight excluding hydrogens is 376 g/mol. The van der Waals surface area contributed by atoms with Crippen molar-refractivity contribution in [3.05, 3.63) is 27.1 Å². The highest BCUT2D eigenvalue weighted by Gasteiger charge is 2.33. The van der Waals surface area contributed by atoms with Gasteiger partial charge in [0, 0.05) is 15.0 Å². The lowest BCUT2D eigenvalue weighted by atomic mass is 10.0. The van der Waals surface area contributed by atoms with Crippen LogP contribution in [-0.4, -0.2) is 31.7 Å². The van der Waals surface area contributed by atoms with E-state index in [1.807, 2.05) is 25.1 Å². The van der Waals surface area contributed by atoms with Gasteiger partial charge in [-0.1, -0.05) is 13.0 Å². The molecule has 6 heteroatoms. The molecule has 0 spiro atoms. The van der Waals surface area contributed by atoms with Gasteiger partial charge in [-0.3, -0.25) is 4.79 Å². The molecular formula is C13H16Br2N2O2. The van der Waals surface area contributed by atoms with Crippen molar-refractivity contribution >= 4 is 43.5 Å². The van der Waals surface area contributed by atoms with Gasteiger partial charge in [0.2, 0.25) is 5.91 Å². The summed E-state index contributed by atoms with van der Waals surface area (Å²) in [5.74, 6) is -0.171. The fourth-order valence-electron chi connectivity index (χ4n) is 2.11. The number of likely N-dealkylation sites (N-methyl/N-ethyl adjacent to an activating group) is 1. The monoisotopic (exact) mass is 390 g/mol. The molecule has 1 saturated heterocycles. The molecule has 1 aliphatic heterocycles. The first-order chi connectivity index (χ1) is 9.13. The Kier molecular flexibility index (Phi) is 5.38. The van der Waals surface area contributed by atoms with Gasteiger partial charge in [-0.15, -0.1) is 0 Å². The highest BCUT2D eigenvalue weighted by molar-refractivity contribution is 9.11. The quantitative estimate of drug-likeness (QED) is 0.829. The third kappa shape index (κ3) is 3.56. The zero-order valence-corrected chi connectivity index (χ0v) is 13.8. The van der Waals surface area contributed by atoms with Gasteiger partial charge in [0.1, 0.15) is 0 Å². The number of hydrogen-bond donors (Lipinski definition) is 2. The van der Waals surface area contributed by atoms with Crippen LogP contribution >= 0.6 is 31.9 Å². The summed E-state index contributed by atoms with van der Waals surface area (Å²) in [6, 6.07) is 5.79. The molecule has 2 unspecified atom stereocenters. The molecule has 4 nitrogen and oxygen atoms in total. The fraction of sp³-hybridized carbons (Fsp3) is 0.462. The lowest BCUT2D eigenvalue weighted by Gasteiger charge is -2.18. The van der Waals surface area contributed by atoms with Crippen molar-refractivity contribution in [2.24, 2.45) is 5.92 Å². The summed E-state index contributed by atoms with van der Waals surface area (Å²) in [5.41, 5.74) is 0.759. The van der Waals surface area contributed by atoms with Gasteiger partial charge in [-0.05, 0) is 50.5 Å². The molecule has 1 heterocycles. The lowest BCUT2D eigenvalue weighted by Crippen LogP contribution is -2.41. The average Bonchev–Trinajstić information content (AvgIpc) is 2.83. The van der Waals surface area contributed by atoms with Gasteiger partial charge in [0.15, 0.2) is 0 Å². The van der Waals surface area contributed by atoms with E-state index in [9.17, 15) is 4.79 Å². The van der Waals surface area contributed by atoms with Crippen molar-refractivity contribution in [2.75, 3.05) is 25.1 Å². The third-order valence-corrected chi connectivity index (χ3v) is 4.42. The van der Waals surface area contributed by atoms with E-state index >= 15 is 0 Å². The summed E-state index contributed by atoms with van der Waals surface area (Å²) in [4.78, 5) is 12.3. The summed E-state index contributed by atoms with van der Waals surface area (Å²) in [7, 11) is 0. The Balaban J connectivity index is 2.08. The van der Waals surface area contributed by atoms with Crippen LogP contribution in [0, 0.1) is 5.92 Å². The Morgan fingerprint density at radius 1 is 1.37 bits per heavy atom. The maximum atomic E-state index is 12.3. The van der Waals surface area contributed by atoms with E-state index in [2.05, 4.69) is 42.5 Å². The van der Waals surface area contributed by atoms with Crippen molar-refractivity contribution in [2.45, 2.75) is 13.0 Å². The Hall–Kier alpha value is -0.430. The van der Waals surface area contributed by atoms with Gasteiger partial charge in [0.25, 0.3) is 0 Å². The standard InChI is InChI=1S/C13H16Br2N2O2/c1-2-16-11-7-19-6-8(11)13(18)17-12-9(14)4-3-5-10(12)15/h3-5,8,11,16H,2,6-7H2,1H3,(H,17,18). The summed E-state index contributed by atoms with van der Waals surface area (Å²) in [6.07, 6.45) is 0. The number of amides is 1. The predicted molar refractivity (Wildman–Crippen MR) is 82.2 cm³/mol. The van der Waals surface area contributed by atoms with E-state index < -0.39 is 0 Å². The molecule has 0 bridgehead atoms. The Morgan fingerprint density at radius 2 is 2.05 bits per heavy atom. The number of ether oxygens (including phenoxy) is 1. The van der Waals surface area contributed by atoms with Crippen LogP contribution in [0.25, 0.3) is 0 Å². The van der Waals surface area contributed by atoms with E-state index in [4.69, 9.17) is 4.74 Å². The summed E-state index contributed by atoms with van der Waals surface area (Å²) in [5, 5.41) is 6.24. The number of hydrogen-bond acceptors (Lipinski definition) is 3. The minimum absolute atomic E-state index is 0.0175. The minimum Gasteiger partial charge on any atom is -0.379 e. The van der Waals surface area contributed by atoms with E-state index in [1.165, 1.54) is 0 Å². The molecule has 2 N–H and O–H groups in total. The van der Waals surface area contributed by atoms with Crippen molar-refractivity contribution in [1.29, 1.82) is 0 Å². The van der Waals surface area contributed by atoms with Crippen LogP contribution in [0.15, 0.2) is 27.1 Å². The van der Waals surface area contributed by atoms with E-state index in [1.54, 1.807) is 0 Å². The van der Waals surface area contributed by atoms with Crippen LogP contribution < -0.4 is 10.6 Å². The topological polar surface area (TPSA) is 50.4 Å². The molecule has 19 heavy (non-hydrogen) atoms. The Labute approximate surface area is 129 Å². The molecule has 0 saturated carbocycles. The van der Waals surface area contributed by atoms with Crippen molar-refractivity contribution < 1.29 is 9.53 Å². The predicted octanol–water partition coefficient (Wildman–Crippen LogP) is 2.77. The Morgan fingerprint density at radius 3 is 2.68 bits per heavy atom. The SMILES string of the molecule is CCNC1COCC1C(=O)Nc1c(Br)cccc1Br. The molecule has 2 atom stereocenters. The summed E-state index contributed by atoms with van der Waals surface area (Å²) < 4.78 is 7.11. The smallest absolute Gasteiger partial charge is 0.231 e. The van der Waals surface area contributed by atoms with Crippen molar-refractivity contribution in [3.8, 4) is 0 Å². The van der Waals surface area contributed by atoms with Gasteiger partial charge in [-0.2, -0.15) is 0 Å². The van der Waals surface area contributed by atoms with Gasteiger partial charge >= 0.3 is 0 Å². The number of nitrogens with one attached hydrogen (secondary N) is 2. The second-order valence-electron chi connectivity index (χ2n) is 4.39. The zero-order chi connectivity index (χ0) is 13.8. The molecule has 0 radical (unpaired) electrons. The molecule has 1 aromatic rings. The first-order valence-corrected chi connectivity index (χ1v) is 7.78. The van der Waals surface area contributed by atoms with E-state index in [0.717, 1.165) is 21.2 Å². The second-order valence-corrected chi connectivity index (χ2v) is 6.10. The van der Waals surface area contributed by atoms with Crippen molar-refractivity contribution in [3.63, 3.8) is 0 Å². The number of benzene rings is 1. The number of carbonyl (C=O) groups excluding carboxylic acids is 1. The first kappa shape index (κ1) is 15.0. The summed E-state index contributed by atoms with van der Waals surface area (Å²) in [6.45, 7) is 3.91. The molecule has 0 aromatic heterocycles. The first-order valence-electron chi connectivity index (χ1n) is 6.19. The van der Waals surface area contributed by atoms with Crippen LogP contribution in [0.4, 0.5) is 5.69 Å². The number of anilines is 1. The van der Waals surface area contributed by atoms with Gasteiger partial charge < -0.3 is 15.4 Å². The highest BCUT2D eigenvalue weighted by Crippen LogP contribution is 2.31. The molecule has 2 rings (SSSR count). The van der Waals surface area contributed by atoms with Crippen LogP contribution in [0.2, 0.25) is 0 Å². The number of halogens is 2. The normalized spacial score (nSPS) is 22.5. The van der Waals surface area contributed by atoms with Crippen LogP contribution in [0.1, 0.15) is 6.92 Å². The van der Waals surface area contributed by atoms with Crippen LogP contribution in [-0.2, 0) is 9.53 Å². The third-order valence-electron chi connectivity index (χ3n) is 3.09. The minimum atomic E-state index is -0.154. The summed E-state index contributed by atoms with van der Waals surface area (Å²) >= 11 is 6.88. The van der Waals surface area contributed by atoms with E-state index in [-0.39, 0.29) is 17.9 Å². The molecule has 0 aliphatic carbocycles. The van der Waals surface area contributed by atoms with Crippen LogP contribution in [0.5, 0.6) is 0 Å². The molecule has 1 amide bonds.